The van der Waals surface area contributed by atoms with Crippen molar-refractivity contribution in [3.8, 4) is 5.75 Å². The first-order valence-corrected chi connectivity index (χ1v) is 3.58. The summed E-state index contributed by atoms with van der Waals surface area (Å²) >= 11 is 8.59. The normalized spacial score (nSPS) is 9.80. The summed E-state index contributed by atoms with van der Waals surface area (Å²) in [6.45, 7) is 0. The first-order chi connectivity index (χ1) is 4.63. The molecule has 3 N–H and O–H groups in total. The third-order valence-electron chi connectivity index (χ3n) is 0.977. The lowest BCUT2D eigenvalue weighted by Crippen LogP contribution is -1.90. The van der Waals surface area contributed by atoms with E-state index in [2.05, 4.69) is 20.9 Å². The molecule has 0 fully saturated rings. The number of nitrogen functional groups attached to an aromatic ring is 1. The number of rotatable bonds is 0. The Morgan fingerprint density at radius 1 is 1.70 bits per heavy atom. The number of nitrogens with zero attached hydrogens (tertiary/aromatic N) is 1. The van der Waals surface area contributed by atoms with Gasteiger partial charge in [-0.05, 0) is 15.9 Å². The number of halogens is 2. The molecular weight excluding hydrogens is 219 g/mol. The molecule has 1 aromatic heterocycles. The topological polar surface area (TPSA) is 59.1 Å². The van der Waals surface area contributed by atoms with Gasteiger partial charge in [-0.1, -0.05) is 11.6 Å². The molecule has 0 aliphatic rings. The molecule has 5 heteroatoms. The Kier molecular flexibility index (Phi) is 2.01. The molecule has 0 bridgehead atoms. The van der Waals surface area contributed by atoms with Crippen LogP contribution >= 0.6 is 27.5 Å². The van der Waals surface area contributed by atoms with Crippen molar-refractivity contribution in [3.63, 3.8) is 0 Å². The minimum atomic E-state index is -0.118. The van der Waals surface area contributed by atoms with Crippen LogP contribution < -0.4 is 5.73 Å². The van der Waals surface area contributed by atoms with Gasteiger partial charge in [0, 0.05) is 6.20 Å². The first kappa shape index (κ1) is 7.63. The van der Waals surface area contributed by atoms with Crippen LogP contribution in [0.4, 0.5) is 5.82 Å². The van der Waals surface area contributed by atoms with E-state index in [1.54, 1.807) is 0 Å². The second-order valence-electron chi connectivity index (χ2n) is 1.65. The van der Waals surface area contributed by atoms with Crippen molar-refractivity contribution in [3.05, 3.63) is 15.7 Å². The molecule has 0 saturated carbocycles. The molecule has 54 valence electrons. The lowest BCUT2D eigenvalue weighted by molar-refractivity contribution is 0.472. The van der Waals surface area contributed by atoms with Gasteiger partial charge in [0.2, 0.25) is 0 Å². The summed E-state index contributed by atoms with van der Waals surface area (Å²) in [7, 11) is 0. The summed E-state index contributed by atoms with van der Waals surface area (Å²) in [4.78, 5) is 3.60. The standard InChI is InChI=1S/C5H4BrClN2O/c6-3-2(7)1-9-5(8)4(3)10/h1,10H,(H2,8,9). The van der Waals surface area contributed by atoms with Crippen LogP contribution in [0.25, 0.3) is 0 Å². The van der Waals surface area contributed by atoms with Gasteiger partial charge in [-0.15, -0.1) is 0 Å². The summed E-state index contributed by atoms with van der Waals surface area (Å²) in [5, 5.41) is 9.41. The Morgan fingerprint density at radius 3 is 2.80 bits per heavy atom. The molecule has 0 unspecified atom stereocenters. The Labute approximate surface area is 71.0 Å². The van der Waals surface area contributed by atoms with E-state index in [1.165, 1.54) is 6.20 Å². The fourth-order valence-electron chi connectivity index (χ4n) is 0.470. The Balaban J connectivity index is 3.34. The van der Waals surface area contributed by atoms with E-state index in [0.29, 0.717) is 9.50 Å². The van der Waals surface area contributed by atoms with Crippen molar-refractivity contribution in [2.24, 2.45) is 0 Å². The van der Waals surface area contributed by atoms with E-state index in [4.69, 9.17) is 22.4 Å². The summed E-state index contributed by atoms with van der Waals surface area (Å²) in [5.41, 5.74) is 5.24. The molecule has 1 aromatic rings. The van der Waals surface area contributed by atoms with E-state index in [9.17, 15) is 0 Å². The van der Waals surface area contributed by atoms with Crippen molar-refractivity contribution in [2.45, 2.75) is 0 Å². The summed E-state index contributed by atoms with van der Waals surface area (Å²) in [5.74, 6) is -0.0521. The Morgan fingerprint density at radius 2 is 2.30 bits per heavy atom. The highest BCUT2D eigenvalue weighted by atomic mass is 79.9. The van der Waals surface area contributed by atoms with Crippen LogP contribution in [0.1, 0.15) is 0 Å². The van der Waals surface area contributed by atoms with Crippen molar-refractivity contribution in [1.82, 2.24) is 4.98 Å². The van der Waals surface area contributed by atoms with Crippen LogP contribution in [0.15, 0.2) is 10.7 Å². The molecule has 0 radical (unpaired) electrons. The zero-order chi connectivity index (χ0) is 7.72. The quantitative estimate of drug-likeness (QED) is 0.705. The van der Waals surface area contributed by atoms with E-state index < -0.39 is 0 Å². The van der Waals surface area contributed by atoms with Crippen molar-refractivity contribution in [2.75, 3.05) is 5.73 Å². The maximum Gasteiger partial charge on any atom is 0.173 e. The molecule has 0 aliphatic carbocycles. The highest BCUT2D eigenvalue weighted by Crippen LogP contribution is 2.33. The Bertz CT molecular complexity index is 239. The van der Waals surface area contributed by atoms with E-state index in [0.717, 1.165) is 0 Å². The maximum absolute atomic E-state index is 9.07. The van der Waals surface area contributed by atoms with Gasteiger partial charge in [0.1, 0.15) is 0 Å². The third-order valence-corrected chi connectivity index (χ3v) is 2.29. The molecule has 0 aliphatic heterocycles. The fraction of sp³-hybridized carbons (Fsp3) is 0. The SMILES string of the molecule is Nc1ncc(Cl)c(Br)c1O. The highest BCUT2D eigenvalue weighted by molar-refractivity contribution is 9.10. The molecule has 0 atom stereocenters. The van der Waals surface area contributed by atoms with Gasteiger partial charge in [-0.25, -0.2) is 4.98 Å². The average Bonchev–Trinajstić information content (AvgIpc) is 1.93. The zero-order valence-electron chi connectivity index (χ0n) is 4.81. The monoisotopic (exact) mass is 222 g/mol. The number of aromatic hydroxyl groups is 1. The van der Waals surface area contributed by atoms with E-state index in [-0.39, 0.29) is 11.6 Å². The molecule has 3 nitrogen and oxygen atoms in total. The number of aromatic nitrogens is 1. The molecule has 0 aromatic carbocycles. The third kappa shape index (κ3) is 1.17. The molecule has 0 spiro atoms. The molecular formula is C5H4BrClN2O. The average molecular weight is 223 g/mol. The van der Waals surface area contributed by atoms with Gasteiger partial charge in [-0.2, -0.15) is 0 Å². The summed E-state index contributed by atoms with van der Waals surface area (Å²) < 4.78 is 0.377. The van der Waals surface area contributed by atoms with Crippen LogP contribution in [0.5, 0.6) is 5.75 Å². The smallest absolute Gasteiger partial charge is 0.173 e. The molecule has 1 rings (SSSR count). The van der Waals surface area contributed by atoms with Crippen LogP contribution in [0, 0.1) is 0 Å². The predicted octanol–water partition coefficient (Wildman–Crippen LogP) is 1.79. The van der Waals surface area contributed by atoms with Gasteiger partial charge in [0.05, 0.1) is 9.50 Å². The summed E-state index contributed by atoms with van der Waals surface area (Å²) in [6, 6.07) is 0. The highest BCUT2D eigenvalue weighted by Gasteiger charge is 2.06. The van der Waals surface area contributed by atoms with Crippen LogP contribution in [0.2, 0.25) is 5.02 Å². The lowest BCUT2D eigenvalue weighted by Gasteiger charge is -2.00. The zero-order valence-corrected chi connectivity index (χ0v) is 7.15. The van der Waals surface area contributed by atoms with Crippen molar-refractivity contribution in [1.29, 1.82) is 0 Å². The van der Waals surface area contributed by atoms with Gasteiger partial charge in [-0.3, -0.25) is 0 Å². The van der Waals surface area contributed by atoms with Crippen LogP contribution in [0.3, 0.4) is 0 Å². The minimum Gasteiger partial charge on any atom is -0.503 e. The number of hydrogen-bond acceptors (Lipinski definition) is 3. The van der Waals surface area contributed by atoms with Crippen molar-refractivity contribution < 1.29 is 5.11 Å². The molecule has 0 amide bonds. The number of hydrogen-bond donors (Lipinski definition) is 2. The number of nitrogens with two attached hydrogens (primary N) is 1. The summed E-state index contributed by atoms with van der Waals surface area (Å²) in [6.07, 6.45) is 1.36. The minimum absolute atomic E-state index is 0.0660. The molecule has 1 heterocycles. The van der Waals surface area contributed by atoms with Gasteiger partial charge in [0.25, 0.3) is 0 Å². The van der Waals surface area contributed by atoms with Gasteiger partial charge < -0.3 is 10.8 Å². The van der Waals surface area contributed by atoms with Gasteiger partial charge >= 0.3 is 0 Å². The number of pyridine rings is 1. The van der Waals surface area contributed by atoms with Crippen LogP contribution in [-0.4, -0.2) is 10.1 Å². The Hall–Kier alpha value is -0.480. The largest absolute Gasteiger partial charge is 0.503 e. The van der Waals surface area contributed by atoms with E-state index in [1.807, 2.05) is 0 Å². The van der Waals surface area contributed by atoms with Crippen LogP contribution in [-0.2, 0) is 0 Å². The fourth-order valence-corrected chi connectivity index (χ4v) is 0.913. The lowest BCUT2D eigenvalue weighted by atomic mass is 10.4. The second-order valence-corrected chi connectivity index (χ2v) is 2.85. The first-order valence-electron chi connectivity index (χ1n) is 2.41. The predicted molar refractivity (Wildman–Crippen MR) is 43.0 cm³/mol. The van der Waals surface area contributed by atoms with E-state index >= 15 is 0 Å². The van der Waals surface area contributed by atoms with Gasteiger partial charge in [0.15, 0.2) is 11.6 Å². The molecule has 10 heavy (non-hydrogen) atoms. The van der Waals surface area contributed by atoms with Crippen molar-refractivity contribution >= 4 is 33.3 Å². The maximum atomic E-state index is 9.07. The molecule has 0 saturated heterocycles. The number of anilines is 1. The second kappa shape index (κ2) is 2.64.